The average molecular weight is 445 g/mol. The second kappa shape index (κ2) is 6.83. The van der Waals surface area contributed by atoms with Crippen LogP contribution in [0.4, 0.5) is 0 Å². The standard InChI is InChI=1S/C23H16N4O2S2/c1-12-9-17-18(10-13(12)2)27-21(28)19(30-23(27)26-17)11-14-7-8-20(29-14)31-22-24-15-5-3-4-6-16(15)25-22/h3-11H,1-2H3,(H,24,25)/b19-11-. The number of fused-ring (bicyclic) bond motifs is 4. The Labute approximate surface area is 184 Å². The molecule has 0 amide bonds. The van der Waals surface area contributed by atoms with E-state index in [1.807, 2.05) is 55.5 Å². The van der Waals surface area contributed by atoms with E-state index in [9.17, 15) is 4.79 Å². The summed E-state index contributed by atoms with van der Waals surface area (Å²) in [6.45, 7) is 4.10. The minimum absolute atomic E-state index is 0.0753. The zero-order valence-electron chi connectivity index (χ0n) is 16.7. The Balaban J connectivity index is 1.37. The number of para-hydroxylation sites is 2. The summed E-state index contributed by atoms with van der Waals surface area (Å²) in [6.07, 6.45) is 1.78. The Kier molecular flexibility index (Phi) is 4.06. The van der Waals surface area contributed by atoms with Crippen LogP contribution in [0, 0.1) is 13.8 Å². The predicted molar refractivity (Wildman–Crippen MR) is 124 cm³/mol. The monoisotopic (exact) mass is 444 g/mol. The molecule has 0 bridgehead atoms. The Morgan fingerprint density at radius 3 is 2.77 bits per heavy atom. The number of aryl methyl sites for hydroxylation is 2. The third-order valence-corrected chi connectivity index (χ3v) is 7.07. The summed E-state index contributed by atoms with van der Waals surface area (Å²) in [5.74, 6) is 0.622. The SMILES string of the molecule is Cc1cc2nc3s/c(=C\c4ccc(Sc5nc6ccccc6[nH]5)o4)c(=O)n3c2cc1C. The molecule has 0 unspecified atom stereocenters. The number of aromatic nitrogens is 4. The first-order chi connectivity index (χ1) is 15.0. The number of imidazole rings is 2. The van der Waals surface area contributed by atoms with Crippen LogP contribution in [0.15, 0.2) is 68.0 Å². The molecule has 0 aliphatic carbocycles. The van der Waals surface area contributed by atoms with Crippen molar-refractivity contribution in [2.24, 2.45) is 0 Å². The number of thiazole rings is 1. The van der Waals surface area contributed by atoms with Gasteiger partial charge in [0.2, 0.25) is 0 Å². The van der Waals surface area contributed by atoms with Crippen molar-refractivity contribution < 1.29 is 4.42 Å². The molecule has 8 heteroatoms. The van der Waals surface area contributed by atoms with Gasteiger partial charge in [-0.15, -0.1) is 0 Å². The molecule has 0 radical (unpaired) electrons. The van der Waals surface area contributed by atoms with Crippen molar-refractivity contribution in [3.05, 3.63) is 80.3 Å². The lowest BCUT2D eigenvalue weighted by atomic mass is 10.1. The van der Waals surface area contributed by atoms with E-state index in [0.717, 1.165) is 32.8 Å². The van der Waals surface area contributed by atoms with Crippen molar-refractivity contribution in [1.82, 2.24) is 19.4 Å². The molecule has 2 aromatic carbocycles. The molecule has 0 saturated heterocycles. The number of nitrogens with zero attached hydrogens (tertiary/aromatic N) is 3. The largest absolute Gasteiger partial charge is 0.450 e. The Bertz CT molecular complexity index is 1690. The summed E-state index contributed by atoms with van der Waals surface area (Å²) in [7, 11) is 0. The summed E-state index contributed by atoms with van der Waals surface area (Å²) in [4.78, 5) is 26.2. The van der Waals surface area contributed by atoms with Gasteiger partial charge in [0.1, 0.15) is 10.3 Å². The smallest absolute Gasteiger partial charge is 0.275 e. The van der Waals surface area contributed by atoms with E-state index in [1.165, 1.54) is 28.7 Å². The van der Waals surface area contributed by atoms with Gasteiger partial charge in [0.25, 0.3) is 5.56 Å². The zero-order valence-corrected chi connectivity index (χ0v) is 18.3. The van der Waals surface area contributed by atoms with E-state index >= 15 is 0 Å². The first kappa shape index (κ1) is 18.4. The van der Waals surface area contributed by atoms with Crippen molar-refractivity contribution >= 4 is 56.2 Å². The minimum Gasteiger partial charge on any atom is -0.450 e. The number of H-pyrrole nitrogens is 1. The number of furan rings is 1. The van der Waals surface area contributed by atoms with Crippen LogP contribution < -0.4 is 10.1 Å². The Morgan fingerprint density at radius 2 is 1.90 bits per heavy atom. The number of hydrogen-bond donors (Lipinski definition) is 1. The fraction of sp³-hybridized carbons (Fsp3) is 0.0870. The van der Waals surface area contributed by atoms with Crippen LogP contribution in [0.2, 0.25) is 0 Å². The highest BCUT2D eigenvalue weighted by Gasteiger charge is 2.13. The Morgan fingerprint density at radius 1 is 1.06 bits per heavy atom. The number of rotatable bonds is 3. The van der Waals surface area contributed by atoms with Crippen LogP contribution in [0.3, 0.4) is 0 Å². The van der Waals surface area contributed by atoms with Crippen molar-refractivity contribution in [2.45, 2.75) is 24.1 Å². The molecule has 0 atom stereocenters. The fourth-order valence-corrected chi connectivity index (χ4v) is 5.32. The number of benzene rings is 2. The highest BCUT2D eigenvalue weighted by atomic mass is 32.2. The van der Waals surface area contributed by atoms with Crippen molar-refractivity contribution in [1.29, 1.82) is 0 Å². The molecule has 0 aliphatic heterocycles. The zero-order chi connectivity index (χ0) is 21.1. The van der Waals surface area contributed by atoms with Crippen LogP contribution in [-0.4, -0.2) is 19.4 Å². The first-order valence-corrected chi connectivity index (χ1v) is 11.3. The van der Waals surface area contributed by atoms with Crippen LogP contribution in [0.1, 0.15) is 16.9 Å². The molecule has 0 fully saturated rings. The molecule has 152 valence electrons. The van der Waals surface area contributed by atoms with Gasteiger partial charge < -0.3 is 9.40 Å². The topological polar surface area (TPSA) is 76.2 Å². The van der Waals surface area contributed by atoms with Gasteiger partial charge in [0, 0.05) is 6.08 Å². The normalized spacial score (nSPS) is 12.6. The van der Waals surface area contributed by atoms with Crippen LogP contribution in [0.5, 0.6) is 0 Å². The van der Waals surface area contributed by atoms with Gasteiger partial charge in [-0.25, -0.2) is 14.4 Å². The van der Waals surface area contributed by atoms with Crippen LogP contribution in [-0.2, 0) is 0 Å². The molecule has 0 aliphatic rings. The summed E-state index contributed by atoms with van der Waals surface area (Å²) in [6, 6.07) is 15.7. The summed E-state index contributed by atoms with van der Waals surface area (Å²) in [5.41, 5.74) is 5.83. The average Bonchev–Trinajstić information content (AvgIpc) is 3.49. The molecule has 0 saturated carbocycles. The van der Waals surface area contributed by atoms with Gasteiger partial charge in [-0.1, -0.05) is 23.5 Å². The molecular formula is C23H16N4O2S2. The maximum absolute atomic E-state index is 13.0. The van der Waals surface area contributed by atoms with Gasteiger partial charge in [-0.05, 0) is 73.1 Å². The van der Waals surface area contributed by atoms with E-state index in [4.69, 9.17) is 4.42 Å². The van der Waals surface area contributed by atoms with E-state index < -0.39 is 0 Å². The maximum Gasteiger partial charge on any atom is 0.275 e. The molecule has 4 heterocycles. The van der Waals surface area contributed by atoms with Gasteiger partial charge in [-0.3, -0.25) is 4.79 Å². The second-order valence-electron chi connectivity index (χ2n) is 7.39. The molecule has 6 nitrogen and oxygen atoms in total. The molecule has 31 heavy (non-hydrogen) atoms. The highest BCUT2D eigenvalue weighted by molar-refractivity contribution is 7.99. The van der Waals surface area contributed by atoms with Crippen LogP contribution in [0.25, 0.3) is 33.1 Å². The van der Waals surface area contributed by atoms with Crippen molar-refractivity contribution in [3.8, 4) is 0 Å². The second-order valence-corrected chi connectivity index (χ2v) is 9.39. The number of nitrogens with one attached hydrogen (secondary N) is 1. The third-order valence-electron chi connectivity index (χ3n) is 5.29. The number of aromatic amines is 1. The number of hydrogen-bond acceptors (Lipinski definition) is 6. The van der Waals surface area contributed by atoms with Gasteiger partial charge in [-0.2, -0.15) is 0 Å². The molecular weight excluding hydrogens is 428 g/mol. The van der Waals surface area contributed by atoms with E-state index in [-0.39, 0.29) is 5.56 Å². The third kappa shape index (κ3) is 3.07. The van der Waals surface area contributed by atoms with Gasteiger partial charge in [0.15, 0.2) is 15.2 Å². The maximum atomic E-state index is 13.0. The molecule has 1 N–H and O–H groups in total. The van der Waals surface area contributed by atoms with E-state index in [1.54, 1.807) is 10.5 Å². The highest BCUT2D eigenvalue weighted by Crippen LogP contribution is 2.29. The molecule has 6 aromatic rings. The summed E-state index contributed by atoms with van der Waals surface area (Å²) < 4.78 is 8.20. The predicted octanol–water partition coefficient (Wildman–Crippen LogP) is 4.69. The Hall–Kier alpha value is -3.36. The lowest BCUT2D eigenvalue weighted by molar-refractivity contribution is 0.466. The fourth-order valence-electron chi connectivity index (χ4n) is 3.59. The van der Waals surface area contributed by atoms with Gasteiger partial charge >= 0.3 is 0 Å². The lowest BCUT2D eigenvalue weighted by Gasteiger charge is -1.98. The van der Waals surface area contributed by atoms with E-state index in [0.29, 0.717) is 20.3 Å². The van der Waals surface area contributed by atoms with Crippen molar-refractivity contribution in [3.63, 3.8) is 0 Å². The van der Waals surface area contributed by atoms with E-state index in [2.05, 4.69) is 21.9 Å². The molecule has 6 rings (SSSR count). The summed E-state index contributed by atoms with van der Waals surface area (Å²) >= 11 is 2.79. The molecule has 4 aromatic heterocycles. The lowest BCUT2D eigenvalue weighted by Crippen LogP contribution is -2.22. The minimum atomic E-state index is -0.0753. The van der Waals surface area contributed by atoms with Crippen LogP contribution >= 0.6 is 23.1 Å². The van der Waals surface area contributed by atoms with Crippen molar-refractivity contribution in [2.75, 3.05) is 0 Å². The quantitative estimate of drug-likeness (QED) is 0.428. The first-order valence-electron chi connectivity index (χ1n) is 9.71. The van der Waals surface area contributed by atoms with Gasteiger partial charge in [0.05, 0.1) is 22.1 Å². The summed E-state index contributed by atoms with van der Waals surface area (Å²) in [5, 5.41) is 1.47. The molecule has 0 spiro atoms.